The van der Waals surface area contributed by atoms with Gasteiger partial charge in [0.05, 0.1) is 17.1 Å². The summed E-state index contributed by atoms with van der Waals surface area (Å²) in [6.45, 7) is 2.48. The molecule has 0 bridgehead atoms. The van der Waals surface area contributed by atoms with Gasteiger partial charge in [-0.3, -0.25) is 4.79 Å². The fourth-order valence-electron chi connectivity index (χ4n) is 3.84. The van der Waals surface area contributed by atoms with E-state index in [1.165, 1.54) is 10.2 Å². The van der Waals surface area contributed by atoms with Gasteiger partial charge in [0.1, 0.15) is 12.4 Å². The van der Waals surface area contributed by atoms with E-state index in [9.17, 15) is 4.79 Å². The molecule has 0 saturated heterocycles. The predicted octanol–water partition coefficient (Wildman–Crippen LogP) is 6.60. The Balaban J connectivity index is 1.56. The van der Waals surface area contributed by atoms with Crippen LogP contribution in [0.15, 0.2) is 111 Å². The number of ether oxygens (including phenoxy) is 1. The van der Waals surface area contributed by atoms with E-state index in [4.69, 9.17) is 9.72 Å². The minimum Gasteiger partial charge on any atom is -0.488 e. The van der Waals surface area contributed by atoms with Crippen LogP contribution in [0, 0.1) is 6.92 Å². The van der Waals surface area contributed by atoms with Crippen molar-refractivity contribution in [2.24, 2.45) is 5.10 Å². The Labute approximate surface area is 211 Å². The van der Waals surface area contributed by atoms with Gasteiger partial charge in [-0.25, -0.2) is 4.98 Å². The van der Waals surface area contributed by atoms with Crippen LogP contribution < -0.4 is 10.3 Å². The topological polar surface area (TPSA) is 56.5 Å². The number of aryl methyl sites for hydroxylation is 1. The summed E-state index contributed by atoms with van der Waals surface area (Å²) >= 11 is 3.53. The maximum atomic E-state index is 13.4. The van der Waals surface area contributed by atoms with Crippen LogP contribution in [0.1, 0.15) is 16.7 Å². The summed E-state index contributed by atoms with van der Waals surface area (Å²) < 4.78 is 8.36. The average molecular weight is 524 g/mol. The first kappa shape index (κ1) is 22.7. The summed E-state index contributed by atoms with van der Waals surface area (Å²) in [4.78, 5) is 18.2. The molecule has 35 heavy (non-hydrogen) atoms. The van der Waals surface area contributed by atoms with Crippen molar-refractivity contribution in [3.63, 3.8) is 0 Å². The quantitative estimate of drug-likeness (QED) is 0.235. The van der Waals surface area contributed by atoms with Gasteiger partial charge < -0.3 is 4.74 Å². The van der Waals surface area contributed by atoms with E-state index in [0.29, 0.717) is 29.1 Å². The summed E-state index contributed by atoms with van der Waals surface area (Å²) in [5.41, 5.74) is 4.21. The van der Waals surface area contributed by atoms with Crippen molar-refractivity contribution in [2.45, 2.75) is 13.5 Å². The molecule has 1 heterocycles. The number of fused-ring (bicyclic) bond motifs is 1. The second kappa shape index (κ2) is 10.1. The van der Waals surface area contributed by atoms with Gasteiger partial charge in [-0.15, -0.1) is 0 Å². The van der Waals surface area contributed by atoms with Crippen LogP contribution >= 0.6 is 15.9 Å². The zero-order valence-electron chi connectivity index (χ0n) is 19.1. The molecule has 0 radical (unpaired) electrons. The zero-order chi connectivity index (χ0) is 24.2. The lowest BCUT2D eigenvalue weighted by molar-refractivity contribution is 0.305. The lowest BCUT2D eigenvalue weighted by Crippen LogP contribution is -2.20. The van der Waals surface area contributed by atoms with Crippen LogP contribution in [-0.2, 0) is 6.61 Å². The van der Waals surface area contributed by atoms with Gasteiger partial charge in [0, 0.05) is 15.6 Å². The van der Waals surface area contributed by atoms with Gasteiger partial charge >= 0.3 is 0 Å². The first-order chi connectivity index (χ1) is 17.1. The third-order valence-electron chi connectivity index (χ3n) is 5.55. The number of hydrogen-bond donors (Lipinski definition) is 0. The third kappa shape index (κ3) is 5.08. The Morgan fingerprint density at radius 1 is 0.943 bits per heavy atom. The molecule has 0 N–H and O–H groups in total. The Hall–Kier alpha value is -4.03. The Morgan fingerprint density at radius 3 is 2.57 bits per heavy atom. The SMILES string of the molecule is Cc1cccc(COc2ccc(Br)cc2C=Nn2c(-c3ccccc3)nc3ccccc3c2=O)c1. The molecule has 5 aromatic rings. The Bertz CT molecular complexity index is 1590. The molecule has 0 fully saturated rings. The molecule has 0 amide bonds. The first-order valence-corrected chi connectivity index (χ1v) is 12.0. The van der Waals surface area contributed by atoms with Gasteiger partial charge in [0.25, 0.3) is 5.56 Å². The lowest BCUT2D eigenvalue weighted by Gasteiger charge is -2.11. The van der Waals surface area contributed by atoms with E-state index < -0.39 is 0 Å². The minimum atomic E-state index is -0.233. The number of para-hydroxylation sites is 1. The fraction of sp³-hybridized carbons (Fsp3) is 0.0690. The van der Waals surface area contributed by atoms with Crippen LogP contribution in [0.5, 0.6) is 5.75 Å². The molecule has 0 atom stereocenters. The van der Waals surface area contributed by atoms with Gasteiger partial charge in [-0.05, 0) is 42.8 Å². The molecular weight excluding hydrogens is 502 g/mol. The summed E-state index contributed by atoms with van der Waals surface area (Å²) in [7, 11) is 0. The maximum Gasteiger partial charge on any atom is 0.282 e. The third-order valence-corrected chi connectivity index (χ3v) is 6.04. The number of rotatable bonds is 6. The average Bonchev–Trinajstić information content (AvgIpc) is 2.88. The van der Waals surface area contributed by atoms with E-state index >= 15 is 0 Å². The molecule has 0 aliphatic rings. The van der Waals surface area contributed by atoms with E-state index in [0.717, 1.165) is 21.2 Å². The molecule has 5 nitrogen and oxygen atoms in total. The van der Waals surface area contributed by atoms with E-state index in [1.54, 1.807) is 12.3 Å². The van der Waals surface area contributed by atoms with Gasteiger partial charge in [0.15, 0.2) is 5.82 Å². The summed E-state index contributed by atoms with van der Waals surface area (Å²) in [5.74, 6) is 1.14. The van der Waals surface area contributed by atoms with E-state index in [1.807, 2.05) is 78.9 Å². The highest BCUT2D eigenvalue weighted by Gasteiger charge is 2.12. The number of nitrogens with zero attached hydrogens (tertiary/aromatic N) is 3. The van der Waals surface area contributed by atoms with Gasteiger partial charge in [-0.1, -0.05) is 88.2 Å². The van der Waals surface area contributed by atoms with Gasteiger partial charge in [-0.2, -0.15) is 9.78 Å². The van der Waals surface area contributed by atoms with Crippen LogP contribution in [0.25, 0.3) is 22.3 Å². The molecule has 172 valence electrons. The predicted molar refractivity (Wildman–Crippen MR) is 144 cm³/mol. The normalized spacial score (nSPS) is 11.3. The van der Waals surface area contributed by atoms with Crippen LogP contribution in [0.3, 0.4) is 0 Å². The van der Waals surface area contributed by atoms with E-state index in [2.05, 4.69) is 40.1 Å². The monoisotopic (exact) mass is 523 g/mol. The zero-order valence-corrected chi connectivity index (χ0v) is 20.6. The number of benzene rings is 4. The van der Waals surface area contributed by atoms with Crippen molar-refractivity contribution in [1.82, 2.24) is 9.66 Å². The van der Waals surface area contributed by atoms with Crippen molar-refractivity contribution in [3.05, 3.63) is 129 Å². The summed E-state index contributed by atoms with van der Waals surface area (Å²) in [6.07, 6.45) is 1.64. The smallest absolute Gasteiger partial charge is 0.282 e. The van der Waals surface area contributed by atoms with Crippen molar-refractivity contribution in [2.75, 3.05) is 0 Å². The Morgan fingerprint density at radius 2 is 1.74 bits per heavy atom. The van der Waals surface area contributed by atoms with Crippen LogP contribution in [0.4, 0.5) is 0 Å². The maximum absolute atomic E-state index is 13.4. The molecule has 4 aromatic carbocycles. The molecular formula is C29H22BrN3O2. The number of halogens is 1. The molecule has 0 aliphatic carbocycles. The van der Waals surface area contributed by atoms with Gasteiger partial charge in [0.2, 0.25) is 0 Å². The molecule has 5 rings (SSSR count). The number of aromatic nitrogens is 2. The highest BCUT2D eigenvalue weighted by atomic mass is 79.9. The van der Waals surface area contributed by atoms with Crippen molar-refractivity contribution in [1.29, 1.82) is 0 Å². The molecule has 0 spiro atoms. The molecule has 6 heteroatoms. The molecule has 1 aromatic heterocycles. The van der Waals surface area contributed by atoms with Crippen molar-refractivity contribution in [3.8, 4) is 17.1 Å². The van der Waals surface area contributed by atoms with Crippen molar-refractivity contribution < 1.29 is 4.74 Å². The lowest BCUT2D eigenvalue weighted by atomic mass is 10.1. The second-order valence-electron chi connectivity index (χ2n) is 8.14. The van der Waals surface area contributed by atoms with Crippen LogP contribution in [-0.4, -0.2) is 15.9 Å². The minimum absolute atomic E-state index is 0.233. The Kier molecular flexibility index (Phi) is 6.55. The first-order valence-electron chi connectivity index (χ1n) is 11.2. The second-order valence-corrected chi connectivity index (χ2v) is 9.06. The fourth-order valence-corrected chi connectivity index (χ4v) is 4.22. The summed E-state index contributed by atoms with van der Waals surface area (Å²) in [5, 5.41) is 5.10. The molecule has 0 aliphatic heterocycles. The van der Waals surface area contributed by atoms with Crippen molar-refractivity contribution >= 4 is 33.0 Å². The van der Waals surface area contributed by atoms with E-state index in [-0.39, 0.29) is 5.56 Å². The standard InChI is InChI=1S/C29H22BrN3O2/c1-20-8-7-9-21(16-20)19-35-27-15-14-24(30)17-23(27)18-31-33-28(22-10-3-2-4-11-22)32-26-13-6-5-12-25(26)29(33)34/h2-18H,19H2,1H3. The molecule has 0 unspecified atom stereocenters. The number of hydrogen-bond acceptors (Lipinski definition) is 4. The summed E-state index contributed by atoms with van der Waals surface area (Å²) in [6, 6.07) is 30.8. The van der Waals surface area contributed by atoms with Crippen LogP contribution in [0.2, 0.25) is 0 Å². The highest BCUT2D eigenvalue weighted by Crippen LogP contribution is 2.24. The highest BCUT2D eigenvalue weighted by molar-refractivity contribution is 9.10. The molecule has 0 saturated carbocycles. The largest absolute Gasteiger partial charge is 0.488 e.